The molecule has 2 aromatic carbocycles. The molecule has 26 heavy (non-hydrogen) atoms. The van der Waals surface area contributed by atoms with Crippen LogP contribution in [0.4, 0.5) is 0 Å². The topological polar surface area (TPSA) is 15.7 Å². The Morgan fingerprint density at radius 3 is 1.85 bits per heavy atom. The summed E-state index contributed by atoms with van der Waals surface area (Å²) in [5.74, 6) is 0. The summed E-state index contributed by atoms with van der Waals surface area (Å²) in [5, 5.41) is 0. The quantitative estimate of drug-likeness (QED) is 0.759. The molecule has 3 nitrogen and oxygen atoms in total. The molecule has 0 aromatic heterocycles. The van der Waals surface area contributed by atoms with Crippen molar-refractivity contribution in [1.82, 2.24) is 9.80 Å². The van der Waals surface area contributed by atoms with E-state index >= 15 is 0 Å². The van der Waals surface area contributed by atoms with E-state index in [1.807, 2.05) is 0 Å². The Labute approximate surface area is 157 Å². The Morgan fingerprint density at radius 2 is 1.38 bits per heavy atom. The Kier molecular flexibility index (Phi) is 6.48. The molecule has 3 heteroatoms. The van der Waals surface area contributed by atoms with E-state index in [4.69, 9.17) is 4.74 Å². The average Bonchev–Trinajstić information content (AvgIpc) is 2.68. The SMILES string of the molecule is CN(C)C(C=CN1CCOCC1)(Cc1ccccc1)Cc1ccccc1. The molecule has 0 N–H and O–H groups in total. The van der Waals surface area contributed by atoms with Gasteiger partial charge in [-0.25, -0.2) is 0 Å². The first-order valence-electron chi connectivity index (χ1n) is 9.44. The van der Waals surface area contributed by atoms with Gasteiger partial charge in [0.15, 0.2) is 0 Å². The summed E-state index contributed by atoms with van der Waals surface area (Å²) >= 11 is 0. The summed E-state index contributed by atoms with van der Waals surface area (Å²) in [6, 6.07) is 21.6. The molecule has 1 aliphatic heterocycles. The molecule has 1 saturated heterocycles. The second-order valence-corrected chi connectivity index (χ2v) is 7.29. The predicted octanol–water partition coefficient (Wildman–Crippen LogP) is 3.62. The van der Waals surface area contributed by atoms with Gasteiger partial charge in [-0.1, -0.05) is 60.7 Å². The zero-order chi connectivity index (χ0) is 18.2. The van der Waals surface area contributed by atoms with E-state index in [2.05, 4.69) is 96.8 Å². The van der Waals surface area contributed by atoms with Gasteiger partial charge in [0.1, 0.15) is 0 Å². The molecule has 3 rings (SSSR count). The largest absolute Gasteiger partial charge is 0.378 e. The molecule has 0 amide bonds. The first kappa shape index (κ1) is 18.7. The van der Waals surface area contributed by atoms with Gasteiger partial charge in [-0.3, -0.25) is 4.90 Å². The molecule has 0 saturated carbocycles. The third-order valence-electron chi connectivity index (χ3n) is 5.24. The van der Waals surface area contributed by atoms with Crippen molar-refractivity contribution in [3.8, 4) is 0 Å². The third-order valence-corrected chi connectivity index (χ3v) is 5.24. The van der Waals surface area contributed by atoms with Gasteiger partial charge < -0.3 is 9.64 Å². The molecule has 0 radical (unpaired) electrons. The Morgan fingerprint density at radius 1 is 0.885 bits per heavy atom. The highest BCUT2D eigenvalue weighted by Crippen LogP contribution is 2.26. The van der Waals surface area contributed by atoms with Crippen molar-refractivity contribution in [2.45, 2.75) is 18.4 Å². The van der Waals surface area contributed by atoms with Crippen LogP contribution in [0.1, 0.15) is 11.1 Å². The lowest BCUT2D eigenvalue weighted by molar-refractivity contribution is 0.0585. The maximum atomic E-state index is 5.48. The van der Waals surface area contributed by atoms with Crippen LogP contribution in [-0.2, 0) is 17.6 Å². The average molecular weight is 351 g/mol. The highest BCUT2D eigenvalue weighted by Gasteiger charge is 2.31. The molecule has 0 unspecified atom stereocenters. The number of hydrogen-bond donors (Lipinski definition) is 0. The van der Waals surface area contributed by atoms with Gasteiger partial charge in [-0.2, -0.15) is 0 Å². The fraction of sp³-hybridized carbons (Fsp3) is 0.391. The van der Waals surface area contributed by atoms with Crippen LogP contribution < -0.4 is 0 Å². The van der Waals surface area contributed by atoms with Gasteiger partial charge in [0.05, 0.1) is 13.2 Å². The summed E-state index contributed by atoms with van der Waals surface area (Å²) in [4.78, 5) is 4.74. The maximum absolute atomic E-state index is 5.48. The van der Waals surface area contributed by atoms with E-state index in [1.54, 1.807) is 0 Å². The molecule has 0 atom stereocenters. The first-order valence-corrected chi connectivity index (χ1v) is 9.44. The van der Waals surface area contributed by atoms with Crippen LogP contribution in [0.5, 0.6) is 0 Å². The van der Waals surface area contributed by atoms with E-state index in [0.29, 0.717) is 0 Å². The lowest BCUT2D eigenvalue weighted by Gasteiger charge is -2.39. The van der Waals surface area contributed by atoms with E-state index in [9.17, 15) is 0 Å². The number of ether oxygens (including phenoxy) is 1. The first-order chi connectivity index (χ1) is 12.7. The van der Waals surface area contributed by atoms with Crippen LogP contribution in [0.3, 0.4) is 0 Å². The van der Waals surface area contributed by atoms with Crippen LogP contribution in [0.2, 0.25) is 0 Å². The number of morpholine rings is 1. The van der Waals surface area contributed by atoms with E-state index < -0.39 is 0 Å². The standard InChI is InChI=1S/C23H30N2O/c1-24(2)23(19-21-9-5-3-6-10-21,20-22-11-7-4-8-12-22)13-14-25-15-17-26-18-16-25/h3-14H,15-20H2,1-2H3. The van der Waals surface area contributed by atoms with Crippen LogP contribution in [0.25, 0.3) is 0 Å². The summed E-state index contributed by atoms with van der Waals surface area (Å²) in [5.41, 5.74) is 2.66. The number of rotatable bonds is 7. The van der Waals surface area contributed by atoms with Crippen molar-refractivity contribution >= 4 is 0 Å². The predicted molar refractivity (Wildman–Crippen MR) is 108 cm³/mol. The fourth-order valence-corrected chi connectivity index (χ4v) is 3.52. The Bertz CT molecular complexity index is 634. The second-order valence-electron chi connectivity index (χ2n) is 7.29. The van der Waals surface area contributed by atoms with Crippen LogP contribution >= 0.6 is 0 Å². The monoisotopic (exact) mass is 350 g/mol. The lowest BCUT2D eigenvalue weighted by atomic mass is 9.83. The van der Waals surface area contributed by atoms with E-state index in [1.165, 1.54) is 11.1 Å². The van der Waals surface area contributed by atoms with Gasteiger partial charge in [0.2, 0.25) is 0 Å². The molecule has 0 bridgehead atoms. The smallest absolute Gasteiger partial charge is 0.0642 e. The van der Waals surface area contributed by atoms with Gasteiger partial charge in [-0.15, -0.1) is 0 Å². The molecular formula is C23H30N2O. The Hall–Kier alpha value is -2.10. The molecule has 0 spiro atoms. The highest BCUT2D eigenvalue weighted by molar-refractivity contribution is 5.27. The second kappa shape index (κ2) is 9.02. The van der Waals surface area contributed by atoms with Gasteiger partial charge in [-0.05, 0) is 50.3 Å². The molecule has 138 valence electrons. The van der Waals surface area contributed by atoms with Gasteiger partial charge in [0, 0.05) is 18.6 Å². The normalized spacial score (nSPS) is 15.7. The zero-order valence-corrected chi connectivity index (χ0v) is 16.0. The van der Waals surface area contributed by atoms with Crippen LogP contribution in [-0.4, -0.2) is 55.7 Å². The van der Waals surface area contributed by atoms with E-state index in [-0.39, 0.29) is 5.54 Å². The number of likely N-dealkylation sites (N-methyl/N-ethyl adjacent to an activating group) is 1. The molecule has 1 fully saturated rings. The van der Waals surface area contributed by atoms with Crippen molar-refractivity contribution in [2.75, 3.05) is 40.4 Å². The Balaban J connectivity index is 1.89. The number of benzene rings is 2. The van der Waals surface area contributed by atoms with Crippen LogP contribution in [0, 0.1) is 0 Å². The van der Waals surface area contributed by atoms with Gasteiger partial charge in [0.25, 0.3) is 0 Å². The summed E-state index contributed by atoms with van der Waals surface area (Å²) < 4.78 is 5.48. The maximum Gasteiger partial charge on any atom is 0.0642 e. The van der Waals surface area contributed by atoms with Crippen molar-refractivity contribution < 1.29 is 4.74 Å². The summed E-state index contributed by atoms with van der Waals surface area (Å²) in [7, 11) is 4.38. The van der Waals surface area contributed by atoms with Crippen molar-refractivity contribution in [3.63, 3.8) is 0 Å². The molecule has 2 aromatic rings. The third kappa shape index (κ3) is 4.96. The number of nitrogens with zero attached hydrogens (tertiary/aromatic N) is 2. The number of hydrogen-bond acceptors (Lipinski definition) is 3. The minimum absolute atomic E-state index is 0.0684. The highest BCUT2D eigenvalue weighted by atomic mass is 16.5. The summed E-state index contributed by atoms with van der Waals surface area (Å²) in [6.07, 6.45) is 6.65. The fourth-order valence-electron chi connectivity index (χ4n) is 3.52. The molecule has 1 aliphatic rings. The van der Waals surface area contributed by atoms with Crippen molar-refractivity contribution in [2.24, 2.45) is 0 Å². The lowest BCUT2D eigenvalue weighted by Crippen LogP contribution is -2.47. The molecule has 0 aliphatic carbocycles. The van der Waals surface area contributed by atoms with Gasteiger partial charge >= 0.3 is 0 Å². The molecular weight excluding hydrogens is 320 g/mol. The minimum Gasteiger partial charge on any atom is -0.378 e. The molecule has 1 heterocycles. The zero-order valence-electron chi connectivity index (χ0n) is 16.0. The van der Waals surface area contributed by atoms with Crippen molar-refractivity contribution in [3.05, 3.63) is 84.1 Å². The van der Waals surface area contributed by atoms with Crippen LogP contribution in [0.15, 0.2) is 72.9 Å². The minimum atomic E-state index is -0.0684. The summed E-state index contributed by atoms with van der Waals surface area (Å²) in [6.45, 7) is 3.57. The van der Waals surface area contributed by atoms with Crippen molar-refractivity contribution in [1.29, 1.82) is 0 Å². The van der Waals surface area contributed by atoms with E-state index in [0.717, 1.165) is 39.1 Å².